The van der Waals surface area contributed by atoms with Gasteiger partial charge in [-0.3, -0.25) is 19.2 Å². The number of nitrogens with one attached hydrogen (secondary N) is 4. The van der Waals surface area contributed by atoms with Crippen LogP contribution in [0.25, 0.3) is 0 Å². The Labute approximate surface area is 250 Å². The number of benzene rings is 2. The van der Waals surface area contributed by atoms with Crippen LogP contribution in [0.2, 0.25) is 0 Å². The zero-order chi connectivity index (χ0) is 31.1. The van der Waals surface area contributed by atoms with Gasteiger partial charge in [0.05, 0.1) is 0 Å². The smallest absolute Gasteiger partial charge is 0.326 e. The average molecular weight is 601 g/mol. The summed E-state index contributed by atoms with van der Waals surface area (Å²) in [5, 5.41) is 30.0. The molecular formula is C30H40N4O7S. The molecule has 4 amide bonds. The number of hydrogen-bond acceptors (Lipinski definition) is 7. The molecule has 4 atom stereocenters. The molecule has 11 nitrogen and oxygen atoms in total. The third-order valence-electron chi connectivity index (χ3n) is 6.42. The molecule has 228 valence electrons. The zero-order valence-electron chi connectivity index (χ0n) is 24.0. The molecule has 0 fully saturated rings. The Balaban J connectivity index is 2.27. The van der Waals surface area contributed by atoms with E-state index in [0.29, 0.717) is 24.1 Å². The number of carbonyl (C=O) groups is 5. The third kappa shape index (κ3) is 11.8. The first kappa shape index (κ1) is 34.1. The Morgan fingerprint density at radius 1 is 0.810 bits per heavy atom. The molecule has 2 aromatic carbocycles. The quantitative estimate of drug-likeness (QED) is 0.140. The summed E-state index contributed by atoms with van der Waals surface area (Å²) in [5.41, 5.74) is 1.24. The van der Waals surface area contributed by atoms with Gasteiger partial charge >= 0.3 is 5.97 Å². The summed E-state index contributed by atoms with van der Waals surface area (Å²) in [6.07, 6.45) is 2.94. The van der Waals surface area contributed by atoms with Crippen LogP contribution in [0.1, 0.15) is 37.8 Å². The molecule has 0 radical (unpaired) electrons. The van der Waals surface area contributed by atoms with Crippen molar-refractivity contribution >= 4 is 41.9 Å². The van der Waals surface area contributed by atoms with Crippen LogP contribution >= 0.6 is 11.8 Å². The Kier molecular flexibility index (Phi) is 14.4. The zero-order valence-corrected chi connectivity index (χ0v) is 24.9. The number of hydrogen-bond donors (Lipinski definition) is 6. The van der Waals surface area contributed by atoms with Crippen LogP contribution in [0.3, 0.4) is 0 Å². The molecule has 0 aliphatic heterocycles. The number of carbonyl (C=O) groups excluding carboxylic acids is 4. The van der Waals surface area contributed by atoms with Crippen molar-refractivity contribution in [2.24, 2.45) is 5.92 Å². The van der Waals surface area contributed by atoms with Crippen molar-refractivity contribution in [3.05, 3.63) is 65.7 Å². The van der Waals surface area contributed by atoms with Crippen LogP contribution in [0, 0.1) is 5.92 Å². The molecule has 0 heterocycles. The first-order chi connectivity index (χ1) is 20.0. The molecule has 0 bridgehead atoms. The number of aliphatic carboxylic acids is 1. The molecule has 6 N–H and O–H groups in total. The van der Waals surface area contributed by atoms with Gasteiger partial charge in [-0.2, -0.15) is 11.8 Å². The molecule has 0 saturated heterocycles. The Morgan fingerprint density at radius 2 is 1.38 bits per heavy atom. The summed E-state index contributed by atoms with van der Waals surface area (Å²) in [5.74, 6) is -2.53. The van der Waals surface area contributed by atoms with E-state index >= 15 is 0 Å². The van der Waals surface area contributed by atoms with Crippen molar-refractivity contribution in [2.45, 2.75) is 63.7 Å². The number of phenolic OH excluding ortho intramolecular Hbond substituents is 1. The summed E-state index contributed by atoms with van der Waals surface area (Å²) in [6, 6.07) is 10.7. The van der Waals surface area contributed by atoms with Crippen LogP contribution in [0.5, 0.6) is 5.75 Å². The van der Waals surface area contributed by atoms with Crippen molar-refractivity contribution < 1.29 is 34.2 Å². The molecule has 2 rings (SSSR count). The lowest BCUT2D eigenvalue weighted by molar-refractivity contribution is -0.142. The lowest BCUT2D eigenvalue weighted by Crippen LogP contribution is -2.58. The van der Waals surface area contributed by atoms with E-state index in [1.165, 1.54) is 23.9 Å². The maximum Gasteiger partial charge on any atom is 0.326 e. The molecule has 0 aliphatic rings. The maximum absolute atomic E-state index is 13.5. The molecule has 0 aliphatic carbocycles. The van der Waals surface area contributed by atoms with E-state index in [0.717, 1.165) is 5.56 Å². The maximum atomic E-state index is 13.5. The fraction of sp³-hybridized carbons (Fsp3) is 0.433. The summed E-state index contributed by atoms with van der Waals surface area (Å²) in [7, 11) is 0. The highest BCUT2D eigenvalue weighted by Gasteiger charge is 2.31. The van der Waals surface area contributed by atoms with Gasteiger partial charge in [0, 0.05) is 12.8 Å². The van der Waals surface area contributed by atoms with Gasteiger partial charge in [0.15, 0.2) is 0 Å². The normalized spacial score (nSPS) is 13.7. The van der Waals surface area contributed by atoms with Crippen molar-refractivity contribution in [3.63, 3.8) is 0 Å². The van der Waals surface area contributed by atoms with Gasteiger partial charge < -0.3 is 31.5 Å². The number of amides is 4. The summed E-state index contributed by atoms with van der Waals surface area (Å²) < 4.78 is 0. The highest BCUT2D eigenvalue weighted by Crippen LogP contribution is 2.14. The van der Waals surface area contributed by atoms with Crippen LogP contribution < -0.4 is 21.3 Å². The Morgan fingerprint density at radius 3 is 1.98 bits per heavy atom. The Hall–Kier alpha value is -4.06. The minimum absolute atomic E-state index is 0.00445. The highest BCUT2D eigenvalue weighted by molar-refractivity contribution is 7.98. The fourth-order valence-corrected chi connectivity index (χ4v) is 4.78. The van der Waals surface area contributed by atoms with Crippen molar-refractivity contribution in [1.82, 2.24) is 21.3 Å². The second kappa shape index (κ2) is 17.7. The molecule has 0 spiro atoms. The van der Waals surface area contributed by atoms with Gasteiger partial charge in [-0.15, -0.1) is 0 Å². The van der Waals surface area contributed by atoms with E-state index in [1.54, 1.807) is 36.4 Å². The lowest BCUT2D eigenvalue weighted by Gasteiger charge is -2.26. The summed E-state index contributed by atoms with van der Waals surface area (Å²) in [4.78, 5) is 63.0. The first-order valence-electron chi connectivity index (χ1n) is 13.7. The van der Waals surface area contributed by atoms with Crippen LogP contribution in [0.4, 0.5) is 0 Å². The van der Waals surface area contributed by atoms with E-state index in [1.807, 2.05) is 26.2 Å². The number of aromatic hydroxyl groups is 1. The predicted molar refractivity (Wildman–Crippen MR) is 161 cm³/mol. The molecular weight excluding hydrogens is 560 g/mol. The molecule has 12 heteroatoms. The van der Waals surface area contributed by atoms with Gasteiger partial charge in [-0.25, -0.2) is 4.79 Å². The van der Waals surface area contributed by atoms with E-state index in [9.17, 15) is 34.2 Å². The van der Waals surface area contributed by atoms with Gasteiger partial charge in [0.1, 0.15) is 29.9 Å². The van der Waals surface area contributed by atoms with Crippen LogP contribution in [-0.2, 0) is 36.8 Å². The van der Waals surface area contributed by atoms with Gasteiger partial charge in [0.2, 0.25) is 24.1 Å². The van der Waals surface area contributed by atoms with Gasteiger partial charge in [-0.1, -0.05) is 56.3 Å². The minimum atomic E-state index is -1.33. The topological polar surface area (TPSA) is 174 Å². The van der Waals surface area contributed by atoms with Crippen molar-refractivity contribution in [2.75, 3.05) is 12.0 Å². The standard InChI is InChI=1S/C30H40N4O7S/c1-19(2)14-24(32-27(37)23(31-18-35)12-13-42-3)28(38)33-25(16-20-8-5-4-6-9-20)29(39)34-26(30(40)41)17-21-10-7-11-22(36)15-21/h4-11,15,18-19,23-26,36H,12-14,16-17H2,1-3H3,(H,31,35)(H,32,37)(H,33,38)(H,34,39)(H,40,41). The van der Waals surface area contributed by atoms with Crippen LogP contribution in [0.15, 0.2) is 54.6 Å². The molecule has 2 aromatic rings. The minimum Gasteiger partial charge on any atom is -0.508 e. The SMILES string of the molecule is CSCCC(NC=O)C(=O)NC(CC(C)C)C(=O)NC(Cc1ccccc1)C(=O)NC(Cc1cccc(O)c1)C(=O)O. The number of carboxylic acids is 1. The number of phenols is 1. The number of thioether (sulfide) groups is 1. The highest BCUT2D eigenvalue weighted by atomic mass is 32.2. The first-order valence-corrected chi connectivity index (χ1v) is 15.1. The van der Waals surface area contributed by atoms with E-state index in [-0.39, 0.29) is 30.9 Å². The summed E-state index contributed by atoms with van der Waals surface area (Å²) in [6.45, 7) is 3.77. The van der Waals surface area contributed by atoms with Crippen molar-refractivity contribution in [1.29, 1.82) is 0 Å². The summed E-state index contributed by atoms with van der Waals surface area (Å²) >= 11 is 1.52. The molecule has 42 heavy (non-hydrogen) atoms. The van der Waals surface area contributed by atoms with Crippen LogP contribution in [-0.4, -0.2) is 76.5 Å². The second-order valence-corrected chi connectivity index (χ2v) is 11.3. The average Bonchev–Trinajstić information content (AvgIpc) is 2.94. The molecule has 0 aromatic heterocycles. The van der Waals surface area contributed by atoms with Crippen molar-refractivity contribution in [3.8, 4) is 5.75 Å². The lowest BCUT2D eigenvalue weighted by atomic mass is 10.00. The predicted octanol–water partition coefficient (Wildman–Crippen LogP) is 1.63. The molecule has 0 saturated carbocycles. The number of carboxylic acid groups (broad SMARTS) is 1. The van der Waals surface area contributed by atoms with E-state index in [2.05, 4.69) is 21.3 Å². The van der Waals surface area contributed by atoms with Gasteiger partial charge in [0.25, 0.3) is 0 Å². The fourth-order valence-electron chi connectivity index (χ4n) is 4.31. The Bertz CT molecular complexity index is 1200. The monoisotopic (exact) mass is 600 g/mol. The third-order valence-corrected chi connectivity index (χ3v) is 7.06. The molecule has 4 unspecified atom stereocenters. The van der Waals surface area contributed by atoms with E-state index in [4.69, 9.17) is 0 Å². The second-order valence-electron chi connectivity index (χ2n) is 10.3. The largest absolute Gasteiger partial charge is 0.508 e. The van der Waals surface area contributed by atoms with Gasteiger partial charge in [-0.05, 0) is 54.0 Å². The van der Waals surface area contributed by atoms with E-state index < -0.39 is 47.9 Å². The number of rotatable bonds is 18.